The summed E-state index contributed by atoms with van der Waals surface area (Å²) in [5.74, 6) is 0.250. The molecule has 4 rings (SSSR count). The molecule has 6 heteroatoms. The summed E-state index contributed by atoms with van der Waals surface area (Å²) in [5, 5.41) is 1.31. The summed E-state index contributed by atoms with van der Waals surface area (Å²) in [6.45, 7) is 0.272. The molecule has 0 saturated carbocycles. The van der Waals surface area contributed by atoms with Gasteiger partial charge in [-0.15, -0.1) is 0 Å². The number of halogens is 2. The van der Waals surface area contributed by atoms with Crippen molar-refractivity contribution < 1.29 is 8.81 Å². The van der Waals surface area contributed by atoms with Gasteiger partial charge in [-0.2, -0.15) is 0 Å². The summed E-state index contributed by atoms with van der Waals surface area (Å²) in [6, 6.07) is 12.3. The van der Waals surface area contributed by atoms with E-state index in [0.717, 1.165) is 16.5 Å². The maximum absolute atomic E-state index is 14.0. The molecule has 0 aliphatic rings. The second kappa shape index (κ2) is 5.76. The number of hydrogen-bond acceptors (Lipinski definition) is 4. The van der Waals surface area contributed by atoms with Crippen LogP contribution in [0.25, 0.3) is 22.1 Å². The highest BCUT2D eigenvalue weighted by Crippen LogP contribution is 2.32. The number of rotatable bonds is 3. The van der Waals surface area contributed by atoms with Gasteiger partial charge in [-0.05, 0) is 24.3 Å². The van der Waals surface area contributed by atoms with Crippen LogP contribution in [0.4, 0.5) is 10.2 Å². The summed E-state index contributed by atoms with van der Waals surface area (Å²) in [7, 11) is 1.82. The molecule has 0 aliphatic heterocycles. The largest absolute Gasteiger partial charge is 0.450 e. The van der Waals surface area contributed by atoms with E-state index in [4.69, 9.17) is 16.0 Å². The minimum atomic E-state index is -0.343. The third kappa shape index (κ3) is 2.37. The van der Waals surface area contributed by atoms with E-state index in [1.807, 2.05) is 31.3 Å². The Morgan fingerprint density at radius 2 is 1.96 bits per heavy atom. The first-order chi connectivity index (χ1) is 11.6. The van der Waals surface area contributed by atoms with E-state index in [1.165, 1.54) is 12.4 Å². The van der Waals surface area contributed by atoms with Crippen LogP contribution in [0.2, 0.25) is 5.02 Å². The van der Waals surface area contributed by atoms with Crippen molar-refractivity contribution in [2.24, 2.45) is 0 Å². The van der Waals surface area contributed by atoms with Gasteiger partial charge in [0, 0.05) is 29.6 Å². The lowest BCUT2D eigenvalue weighted by Gasteiger charge is -2.19. The Kier molecular flexibility index (Phi) is 3.58. The zero-order valence-corrected chi connectivity index (χ0v) is 13.6. The van der Waals surface area contributed by atoms with Crippen LogP contribution in [0.3, 0.4) is 0 Å². The van der Waals surface area contributed by atoms with Crippen LogP contribution in [0.15, 0.2) is 53.2 Å². The molecule has 2 aromatic carbocycles. The first-order valence-corrected chi connectivity index (χ1v) is 7.79. The smallest absolute Gasteiger partial charge is 0.196 e. The fourth-order valence-electron chi connectivity index (χ4n) is 2.78. The Labute approximate surface area is 142 Å². The minimum Gasteiger partial charge on any atom is -0.450 e. The standard InChI is InChI=1S/C18H13ClFN3O/c1-23(9-12-13(19)6-4-7-14(12)20)18-17-16(21-10-22-18)11-5-2-3-8-15(11)24-17/h2-8,10H,9H2,1H3. The number of aromatic nitrogens is 2. The fourth-order valence-corrected chi connectivity index (χ4v) is 3.00. The number of para-hydroxylation sites is 1. The molecular formula is C18H13ClFN3O. The molecule has 0 aliphatic carbocycles. The molecule has 0 saturated heterocycles. The Morgan fingerprint density at radius 1 is 1.12 bits per heavy atom. The molecule has 0 bridgehead atoms. The van der Waals surface area contributed by atoms with Gasteiger partial charge in [0.15, 0.2) is 11.4 Å². The van der Waals surface area contributed by atoms with Crippen molar-refractivity contribution >= 4 is 39.5 Å². The second-order valence-corrected chi connectivity index (χ2v) is 5.94. The zero-order valence-electron chi connectivity index (χ0n) is 12.8. The van der Waals surface area contributed by atoms with E-state index in [-0.39, 0.29) is 12.4 Å². The van der Waals surface area contributed by atoms with E-state index >= 15 is 0 Å². The van der Waals surface area contributed by atoms with Gasteiger partial charge in [-0.25, -0.2) is 14.4 Å². The molecule has 120 valence electrons. The lowest BCUT2D eigenvalue weighted by molar-refractivity contribution is 0.606. The number of anilines is 1. The van der Waals surface area contributed by atoms with Crippen LogP contribution in [0.1, 0.15) is 5.56 Å². The minimum absolute atomic E-state index is 0.272. The molecule has 4 nitrogen and oxygen atoms in total. The first kappa shape index (κ1) is 14.9. The highest BCUT2D eigenvalue weighted by molar-refractivity contribution is 6.31. The average molecular weight is 342 g/mol. The van der Waals surface area contributed by atoms with Crippen molar-refractivity contribution in [1.82, 2.24) is 9.97 Å². The Bertz CT molecular complexity index is 1030. The topological polar surface area (TPSA) is 42.2 Å². The van der Waals surface area contributed by atoms with Crippen LogP contribution in [0.5, 0.6) is 0 Å². The van der Waals surface area contributed by atoms with Gasteiger partial charge in [0.25, 0.3) is 0 Å². The van der Waals surface area contributed by atoms with Crippen molar-refractivity contribution in [3.63, 3.8) is 0 Å². The molecule has 24 heavy (non-hydrogen) atoms. The normalized spacial score (nSPS) is 11.3. The molecule has 2 aromatic heterocycles. The van der Waals surface area contributed by atoms with E-state index in [1.54, 1.807) is 17.0 Å². The predicted molar refractivity (Wildman–Crippen MR) is 92.8 cm³/mol. The molecule has 4 aromatic rings. The van der Waals surface area contributed by atoms with Gasteiger partial charge in [0.1, 0.15) is 23.2 Å². The lowest BCUT2D eigenvalue weighted by atomic mass is 10.2. The van der Waals surface area contributed by atoms with Gasteiger partial charge >= 0.3 is 0 Å². The number of hydrogen-bond donors (Lipinski definition) is 0. The Morgan fingerprint density at radius 3 is 2.79 bits per heavy atom. The quantitative estimate of drug-likeness (QED) is 0.536. The number of nitrogens with zero attached hydrogens (tertiary/aromatic N) is 3. The fraction of sp³-hybridized carbons (Fsp3) is 0.111. The van der Waals surface area contributed by atoms with E-state index in [9.17, 15) is 4.39 Å². The van der Waals surface area contributed by atoms with Gasteiger partial charge in [0.2, 0.25) is 0 Å². The van der Waals surface area contributed by atoms with Crippen molar-refractivity contribution in [3.8, 4) is 0 Å². The summed E-state index contributed by atoms with van der Waals surface area (Å²) < 4.78 is 20.0. The summed E-state index contributed by atoms with van der Waals surface area (Å²) in [5.41, 5.74) is 2.48. The molecule has 0 N–H and O–H groups in total. The summed E-state index contributed by atoms with van der Waals surface area (Å²) in [4.78, 5) is 10.4. The van der Waals surface area contributed by atoms with E-state index in [2.05, 4.69) is 9.97 Å². The zero-order chi connectivity index (χ0) is 16.7. The lowest BCUT2D eigenvalue weighted by Crippen LogP contribution is -2.19. The van der Waals surface area contributed by atoms with Crippen LogP contribution in [-0.4, -0.2) is 17.0 Å². The van der Waals surface area contributed by atoms with Crippen molar-refractivity contribution in [2.45, 2.75) is 6.54 Å². The van der Waals surface area contributed by atoms with Gasteiger partial charge in [0.05, 0.1) is 0 Å². The SMILES string of the molecule is CN(Cc1c(F)cccc1Cl)c1ncnc2c1oc1ccccc12. The molecule has 0 spiro atoms. The average Bonchev–Trinajstić information content (AvgIpc) is 2.97. The van der Waals surface area contributed by atoms with Crippen LogP contribution < -0.4 is 4.90 Å². The molecule has 0 amide bonds. The third-order valence-corrected chi connectivity index (χ3v) is 4.31. The van der Waals surface area contributed by atoms with Crippen LogP contribution in [0, 0.1) is 5.82 Å². The molecule has 0 unspecified atom stereocenters. The van der Waals surface area contributed by atoms with Gasteiger partial charge in [-0.3, -0.25) is 0 Å². The summed E-state index contributed by atoms with van der Waals surface area (Å²) in [6.07, 6.45) is 1.49. The van der Waals surface area contributed by atoms with Gasteiger partial charge < -0.3 is 9.32 Å². The Balaban J connectivity index is 1.81. The maximum Gasteiger partial charge on any atom is 0.196 e. The first-order valence-electron chi connectivity index (χ1n) is 7.41. The molecular weight excluding hydrogens is 329 g/mol. The molecule has 0 fully saturated rings. The van der Waals surface area contributed by atoms with Gasteiger partial charge in [-0.1, -0.05) is 29.8 Å². The third-order valence-electron chi connectivity index (χ3n) is 3.96. The van der Waals surface area contributed by atoms with Crippen LogP contribution >= 0.6 is 11.6 Å². The maximum atomic E-state index is 14.0. The van der Waals surface area contributed by atoms with Crippen molar-refractivity contribution in [3.05, 3.63) is 65.2 Å². The number of benzene rings is 2. The van der Waals surface area contributed by atoms with Crippen molar-refractivity contribution in [2.75, 3.05) is 11.9 Å². The summed E-state index contributed by atoms with van der Waals surface area (Å²) >= 11 is 6.12. The number of furan rings is 1. The number of fused-ring (bicyclic) bond motifs is 3. The second-order valence-electron chi connectivity index (χ2n) is 5.53. The molecule has 0 atom stereocenters. The monoisotopic (exact) mass is 341 g/mol. The Hall–Kier alpha value is -2.66. The molecule has 0 radical (unpaired) electrons. The van der Waals surface area contributed by atoms with E-state index in [0.29, 0.717) is 22.0 Å². The molecule has 2 heterocycles. The van der Waals surface area contributed by atoms with Crippen molar-refractivity contribution in [1.29, 1.82) is 0 Å². The highest BCUT2D eigenvalue weighted by atomic mass is 35.5. The highest BCUT2D eigenvalue weighted by Gasteiger charge is 2.17. The van der Waals surface area contributed by atoms with E-state index < -0.39 is 0 Å². The van der Waals surface area contributed by atoms with Crippen LogP contribution in [-0.2, 0) is 6.54 Å². The predicted octanol–water partition coefficient (Wildman–Crippen LogP) is 4.80.